The third kappa shape index (κ3) is 2.28. The van der Waals surface area contributed by atoms with E-state index in [1.807, 2.05) is 13.8 Å². The molecule has 0 aromatic heterocycles. The Hall–Kier alpha value is -0.0800. The first-order valence-electron chi connectivity index (χ1n) is 6.80. The zero-order chi connectivity index (χ0) is 11.9. The molecule has 2 fully saturated rings. The lowest BCUT2D eigenvalue weighted by Crippen LogP contribution is -2.45. The Morgan fingerprint density at radius 1 is 1.00 bits per heavy atom. The zero-order valence-corrected chi connectivity index (χ0v) is 10.8. The lowest BCUT2D eigenvalue weighted by atomic mass is 9.60. The van der Waals surface area contributed by atoms with Crippen LogP contribution in [-0.4, -0.2) is 21.9 Å². The first-order valence-corrected chi connectivity index (χ1v) is 6.80. The number of hydrogen-bond acceptors (Lipinski definition) is 2. The van der Waals surface area contributed by atoms with Crippen molar-refractivity contribution in [2.24, 2.45) is 23.7 Å². The molecule has 2 saturated carbocycles. The molecule has 0 amide bonds. The van der Waals surface area contributed by atoms with Crippen LogP contribution >= 0.6 is 0 Å². The fourth-order valence-corrected chi connectivity index (χ4v) is 3.88. The molecule has 2 aliphatic carbocycles. The van der Waals surface area contributed by atoms with Gasteiger partial charge in [0.1, 0.15) is 0 Å². The molecule has 0 radical (unpaired) electrons. The molecule has 4 unspecified atom stereocenters. The third-order valence-corrected chi connectivity index (χ3v) is 5.10. The van der Waals surface area contributed by atoms with Crippen LogP contribution in [0.1, 0.15) is 52.9 Å². The summed E-state index contributed by atoms with van der Waals surface area (Å²) in [5.74, 6) is 2.26. The lowest BCUT2D eigenvalue weighted by molar-refractivity contribution is -0.0750. The van der Waals surface area contributed by atoms with Gasteiger partial charge in [0, 0.05) is 0 Å². The van der Waals surface area contributed by atoms with Gasteiger partial charge in [-0.1, -0.05) is 6.92 Å². The number of fused-ring (bicyclic) bond motifs is 1. The molecule has 0 aliphatic heterocycles. The van der Waals surface area contributed by atoms with Gasteiger partial charge >= 0.3 is 0 Å². The maximum Gasteiger partial charge on any atom is 0.0619 e. The van der Waals surface area contributed by atoms with E-state index in [9.17, 15) is 10.2 Å². The molecule has 2 nitrogen and oxygen atoms in total. The summed E-state index contributed by atoms with van der Waals surface area (Å²) in [7, 11) is 0. The van der Waals surface area contributed by atoms with Gasteiger partial charge in [-0.25, -0.2) is 0 Å². The molecular weight excluding hydrogens is 200 g/mol. The second-order valence-electron chi connectivity index (χ2n) is 6.61. The Balaban J connectivity index is 2.07. The fraction of sp³-hybridized carbons (Fsp3) is 1.00. The minimum atomic E-state index is -0.578. The molecule has 2 heteroatoms. The van der Waals surface area contributed by atoms with Gasteiger partial charge in [0.25, 0.3) is 0 Å². The Morgan fingerprint density at radius 3 is 2.31 bits per heavy atom. The summed E-state index contributed by atoms with van der Waals surface area (Å²) in [6.07, 6.45) is 5.35. The van der Waals surface area contributed by atoms with Gasteiger partial charge < -0.3 is 10.2 Å². The summed E-state index contributed by atoms with van der Waals surface area (Å²) < 4.78 is 0. The van der Waals surface area contributed by atoms with Crippen molar-refractivity contribution in [3.63, 3.8) is 0 Å². The van der Waals surface area contributed by atoms with Crippen molar-refractivity contribution in [3.05, 3.63) is 0 Å². The SMILES string of the molecule is C[C@H]1CCC(O)C2CC(C(C)(C)O)CCC21. The monoisotopic (exact) mass is 226 g/mol. The Kier molecular flexibility index (Phi) is 3.33. The molecule has 0 bridgehead atoms. The molecule has 0 spiro atoms. The van der Waals surface area contributed by atoms with E-state index in [-0.39, 0.29) is 6.10 Å². The molecule has 5 atom stereocenters. The van der Waals surface area contributed by atoms with E-state index >= 15 is 0 Å². The van der Waals surface area contributed by atoms with Gasteiger partial charge in [-0.3, -0.25) is 0 Å². The first kappa shape index (κ1) is 12.4. The highest BCUT2D eigenvalue weighted by atomic mass is 16.3. The van der Waals surface area contributed by atoms with Gasteiger partial charge in [0.05, 0.1) is 11.7 Å². The third-order valence-electron chi connectivity index (χ3n) is 5.10. The summed E-state index contributed by atoms with van der Waals surface area (Å²) in [5.41, 5.74) is -0.578. The fourth-order valence-electron chi connectivity index (χ4n) is 3.88. The summed E-state index contributed by atoms with van der Waals surface area (Å²) >= 11 is 0. The molecule has 16 heavy (non-hydrogen) atoms. The van der Waals surface area contributed by atoms with Gasteiger partial charge in [0.2, 0.25) is 0 Å². The Bertz CT molecular complexity index is 244. The predicted molar refractivity (Wildman–Crippen MR) is 65.0 cm³/mol. The van der Waals surface area contributed by atoms with Crippen molar-refractivity contribution in [3.8, 4) is 0 Å². The molecule has 2 N–H and O–H groups in total. The molecule has 2 rings (SSSR count). The van der Waals surface area contributed by atoms with Crippen molar-refractivity contribution in [2.75, 3.05) is 0 Å². The molecular formula is C14H26O2. The van der Waals surface area contributed by atoms with E-state index in [1.165, 1.54) is 12.8 Å². The number of rotatable bonds is 1. The van der Waals surface area contributed by atoms with Gasteiger partial charge in [-0.15, -0.1) is 0 Å². The second-order valence-corrected chi connectivity index (χ2v) is 6.61. The van der Waals surface area contributed by atoms with E-state index in [0.29, 0.717) is 17.8 Å². The number of aliphatic hydroxyl groups is 2. The van der Waals surface area contributed by atoms with Crippen molar-refractivity contribution in [2.45, 2.75) is 64.6 Å². The van der Waals surface area contributed by atoms with E-state index in [2.05, 4.69) is 6.92 Å². The topological polar surface area (TPSA) is 40.5 Å². The maximum absolute atomic E-state index is 10.1. The van der Waals surface area contributed by atoms with E-state index in [0.717, 1.165) is 25.2 Å². The zero-order valence-electron chi connectivity index (χ0n) is 10.8. The van der Waals surface area contributed by atoms with Crippen molar-refractivity contribution >= 4 is 0 Å². The number of aliphatic hydroxyl groups excluding tert-OH is 1. The van der Waals surface area contributed by atoms with Gasteiger partial charge in [-0.05, 0) is 69.6 Å². The van der Waals surface area contributed by atoms with Crippen molar-refractivity contribution in [1.29, 1.82) is 0 Å². The summed E-state index contributed by atoms with van der Waals surface area (Å²) in [5, 5.41) is 20.2. The lowest BCUT2D eigenvalue weighted by Gasteiger charge is -2.47. The van der Waals surface area contributed by atoms with Crippen LogP contribution in [0, 0.1) is 23.7 Å². The van der Waals surface area contributed by atoms with Gasteiger partial charge in [-0.2, -0.15) is 0 Å². The quantitative estimate of drug-likeness (QED) is 0.721. The van der Waals surface area contributed by atoms with Crippen LogP contribution in [0.2, 0.25) is 0 Å². The average molecular weight is 226 g/mol. The van der Waals surface area contributed by atoms with Crippen LogP contribution < -0.4 is 0 Å². The van der Waals surface area contributed by atoms with E-state index in [4.69, 9.17) is 0 Å². The first-order chi connectivity index (χ1) is 7.39. The van der Waals surface area contributed by atoms with Crippen LogP contribution in [-0.2, 0) is 0 Å². The number of hydrogen-bond donors (Lipinski definition) is 2. The minimum absolute atomic E-state index is 0.119. The highest BCUT2D eigenvalue weighted by Gasteiger charge is 2.43. The van der Waals surface area contributed by atoms with Crippen molar-refractivity contribution < 1.29 is 10.2 Å². The van der Waals surface area contributed by atoms with Crippen molar-refractivity contribution in [1.82, 2.24) is 0 Å². The van der Waals surface area contributed by atoms with E-state index in [1.54, 1.807) is 0 Å². The normalized spacial score (nSPS) is 45.2. The molecule has 0 aromatic carbocycles. The van der Waals surface area contributed by atoms with Crippen LogP contribution in [0.15, 0.2) is 0 Å². The maximum atomic E-state index is 10.1. The second kappa shape index (κ2) is 4.30. The molecule has 0 aromatic rings. The highest BCUT2D eigenvalue weighted by Crippen LogP contribution is 2.47. The molecule has 94 valence electrons. The molecule has 0 heterocycles. The summed E-state index contributed by atoms with van der Waals surface area (Å²) in [6, 6.07) is 0. The molecule has 0 saturated heterocycles. The van der Waals surface area contributed by atoms with E-state index < -0.39 is 5.60 Å². The van der Waals surface area contributed by atoms with Crippen LogP contribution in [0.3, 0.4) is 0 Å². The Morgan fingerprint density at radius 2 is 1.69 bits per heavy atom. The highest BCUT2D eigenvalue weighted by molar-refractivity contribution is 4.94. The smallest absolute Gasteiger partial charge is 0.0619 e. The summed E-state index contributed by atoms with van der Waals surface area (Å²) in [6.45, 7) is 6.15. The van der Waals surface area contributed by atoms with Crippen LogP contribution in [0.5, 0.6) is 0 Å². The average Bonchev–Trinajstić information content (AvgIpc) is 2.22. The largest absolute Gasteiger partial charge is 0.393 e. The van der Waals surface area contributed by atoms with Crippen LogP contribution in [0.25, 0.3) is 0 Å². The summed E-state index contributed by atoms with van der Waals surface area (Å²) in [4.78, 5) is 0. The Labute approximate surface area is 99.1 Å². The minimum Gasteiger partial charge on any atom is -0.393 e. The molecule has 2 aliphatic rings. The standard InChI is InChI=1S/C14H26O2/c1-9-4-7-13(15)12-8-10(14(2,3)16)5-6-11(9)12/h9-13,15-16H,4-8H2,1-3H3/t9-,10?,11?,12?,13?/m0/s1. The predicted octanol–water partition coefficient (Wildman–Crippen LogP) is 2.58. The van der Waals surface area contributed by atoms with Gasteiger partial charge in [0.15, 0.2) is 0 Å². The van der Waals surface area contributed by atoms with Crippen LogP contribution in [0.4, 0.5) is 0 Å².